The smallest absolute Gasteiger partial charge is 0.309 e. The van der Waals surface area contributed by atoms with Crippen molar-refractivity contribution in [2.75, 3.05) is 13.2 Å². The fourth-order valence-corrected chi connectivity index (χ4v) is 10.5. The first-order valence-corrected chi connectivity index (χ1v) is 16.4. The van der Waals surface area contributed by atoms with Gasteiger partial charge >= 0.3 is 5.97 Å². The second kappa shape index (κ2) is 11.7. The zero-order chi connectivity index (χ0) is 32.7. The number of carboxylic acids is 1. The van der Waals surface area contributed by atoms with Crippen molar-refractivity contribution in [3.05, 3.63) is 11.6 Å². The minimum Gasteiger partial charge on any atom is -0.481 e. The van der Waals surface area contributed by atoms with Crippen molar-refractivity contribution >= 4 is 5.97 Å². The number of carbonyl (C=O) groups is 1. The van der Waals surface area contributed by atoms with Gasteiger partial charge in [0.15, 0.2) is 12.6 Å². The van der Waals surface area contributed by atoms with E-state index < -0.39 is 91.6 Å². The highest BCUT2D eigenvalue weighted by atomic mass is 16.8. The lowest BCUT2D eigenvalue weighted by Gasteiger charge is -2.64. The van der Waals surface area contributed by atoms with Gasteiger partial charge in [0, 0.05) is 0 Å². The molecule has 2 heterocycles. The monoisotopic (exact) mass is 642 g/mol. The molecule has 2 bridgehead atoms. The molecule has 0 radical (unpaired) electrons. The van der Waals surface area contributed by atoms with Gasteiger partial charge in [0.2, 0.25) is 0 Å². The molecule has 0 amide bonds. The van der Waals surface area contributed by atoms with Crippen LogP contribution < -0.4 is 0 Å². The maximum absolute atomic E-state index is 12.5. The predicted molar refractivity (Wildman–Crippen MR) is 154 cm³/mol. The number of ether oxygens (including phenoxy) is 4. The molecular weight excluding hydrogens is 592 g/mol. The fraction of sp³-hybridized carbons (Fsp3) is 0.906. The molecule has 13 heteroatoms. The summed E-state index contributed by atoms with van der Waals surface area (Å²) in [4.78, 5) is 12.5. The molecule has 0 aromatic rings. The quantitative estimate of drug-likeness (QED) is 0.134. The number of hydrogen-bond acceptors (Lipinski definition) is 12. The molecule has 3 unspecified atom stereocenters. The molecule has 16 atom stereocenters. The summed E-state index contributed by atoms with van der Waals surface area (Å²) in [6, 6.07) is 0. The maximum Gasteiger partial charge on any atom is 0.309 e. The maximum atomic E-state index is 12.5. The first-order valence-electron chi connectivity index (χ1n) is 16.4. The van der Waals surface area contributed by atoms with Crippen LogP contribution in [-0.2, 0) is 23.7 Å². The minimum atomic E-state index is -1.75. The van der Waals surface area contributed by atoms with Crippen LogP contribution in [0.4, 0.5) is 0 Å². The summed E-state index contributed by atoms with van der Waals surface area (Å²) in [6.45, 7) is 4.90. The van der Waals surface area contributed by atoms with Crippen molar-refractivity contribution in [1.82, 2.24) is 0 Å². The molecule has 0 aromatic heterocycles. The van der Waals surface area contributed by atoms with E-state index >= 15 is 0 Å². The van der Waals surface area contributed by atoms with Gasteiger partial charge in [0.05, 0.1) is 24.2 Å². The first kappa shape index (κ1) is 33.7. The number of hydrogen-bond donors (Lipinski definition) is 8. The first-order chi connectivity index (χ1) is 21.2. The van der Waals surface area contributed by atoms with E-state index in [0.717, 1.165) is 37.7 Å². The minimum absolute atomic E-state index is 0.0644. The number of rotatable bonds is 7. The van der Waals surface area contributed by atoms with Gasteiger partial charge in [-0.2, -0.15) is 0 Å². The Morgan fingerprint density at radius 1 is 0.844 bits per heavy atom. The Bertz CT molecular complexity index is 1160. The Morgan fingerprint density at radius 3 is 2.11 bits per heavy atom. The van der Waals surface area contributed by atoms with Crippen LogP contribution in [0.2, 0.25) is 0 Å². The van der Waals surface area contributed by atoms with Crippen molar-refractivity contribution in [3.63, 3.8) is 0 Å². The topological polar surface area (TPSA) is 216 Å². The normalized spacial score (nSPS) is 54.6. The van der Waals surface area contributed by atoms with Crippen molar-refractivity contribution in [3.8, 4) is 0 Å². The number of aliphatic hydroxyl groups is 7. The molecule has 4 aliphatic carbocycles. The summed E-state index contributed by atoms with van der Waals surface area (Å²) in [5, 5.41) is 82.8. The van der Waals surface area contributed by atoms with Gasteiger partial charge in [0.1, 0.15) is 48.8 Å². The average Bonchev–Trinajstić information content (AvgIpc) is 3.19. The summed E-state index contributed by atoms with van der Waals surface area (Å²) in [5.74, 6) is -0.405. The van der Waals surface area contributed by atoms with E-state index in [2.05, 4.69) is 13.0 Å². The van der Waals surface area contributed by atoms with E-state index in [1.165, 1.54) is 0 Å². The lowest BCUT2D eigenvalue weighted by Crippen LogP contribution is -2.66. The second-order valence-electron chi connectivity index (χ2n) is 15.1. The summed E-state index contributed by atoms with van der Waals surface area (Å²) in [5.41, 5.74) is -0.983. The van der Waals surface area contributed by atoms with Crippen LogP contribution in [0.15, 0.2) is 11.6 Å². The Labute approximate surface area is 262 Å². The third kappa shape index (κ3) is 5.04. The molecule has 2 aliphatic heterocycles. The second-order valence-corrected chi connectivity index (χ2v) is 15.1. The summed E-state index contributed by atoms with van der Waals surface area (Å²) >= 11 is 0. The van der Waals surface area contributed by atoms with Crippen LogP contribution >= 0.6 is 0 Å². The molecule has 256 valence electrons. The third-order valence-corrected chi connectivity index (χ3v) is 12.8. The number of aliphatic hydroxyl groups excluding tert-OH is 7. The lowest BCUT2D eigenvalue weighted by atomic mass is 9.40. The van der Waals surface area contributed by atoms with Crippen LogP contribution in [0, 0.1) is 28.1 Å². The van der Waals surface area contributed by atoms with Crippen LogP contribution in [0.5, 0.6) is 0 Å². The molecule has 6 rings (SSSR count). The molecule has 6 aliphatic rings. The SMILES string of the molecule is CC1=CC23CCC4[C@](C)(CCC[C@@]4(C)C(=O)O)C2CC[C@]1(O[C@@H]1O[C@H](CO)[C@@H](O)[C@H](O)[C@H]1O[C@@H]1O[C@H](CO)[C@@H](O)[C@H](O)[C@H]1O)C3. The Morgan fingerprint density at radius 2 is 1.47 bits per heavy atom. The summed E-state index contributed by atoms with van der Waals surface area (Å²) in [6.07, 6.45) is -6.72. The van der Waals surface area contributed by atoms with Crippen LogP contribution in [0.25, 0.3) is 0 Å². The van der Waals surface area contributed by atoms with Gasteiger partial charge in [-0.3, -0.25) is 4.79 Å². The standard InChI is InChI=1S/C32H50O13/c1-15-11-31-9-5-18-29(2,7-4-8-30(18,3)28(40)41)19(31)6-10-32(15,14-31)45-27-25(23(38)21(36)17(13-34)43-27)44-26-24(39)22(37)20(35)16(12-33)42-26/h11,16-27,33-39H,4-10,12-14H2,1-3H3,(H,40,41)/t16-,17-,18?,19?,20-,21-,22+,23+,24-,25-,26+,27+,29+,30-,31?,32+/m1/s1. The molecule has 1 spiro atoms. The van der Waals surface area contributed by atoms with Crippen molar-refractivity contribution in [2.45, 2.75) is 139 Å². The zero-order valence-electron chi connectivity index (χ0n) is 26.2. The average molecular weight is 643 g/mol. The molecular formula is C32H50O13. The van der Waals surface area contributed by atoms with Crippen molar-refractivity contribution in [1.29, 1.82) is 0 Å². The number of carboxylic acid groups (broad SMARTS) is 1. The highest BCUT2D eigenvalue weighted by Gasteiger charge is 2.67. The summed E-state index contributed by atoms with van der Waals surface area (Å²) < 4.78 is 24.2. The fourth-order valence-electron chi connectivity index (χ4n) is 10.5. The predicted octanol–water partition coefficient (Wildman–Crippen LogP) is -0.197. The van der Waals surface area contributed by atoms with E-state index in [-0.39, 0.29) is 22.7 Å². The molecule has 45 heavy (non-hydrogen) atoms. The lowest BCUT2D eigenvalue weighted by molar-refractivity contribution is -0.378. The Hall–Kier alpha value is -1.23. The molecule has 8 N–H and O–H groups in total. The highest BCUT2D eigenvalue weighted by Crippen LogP contribution is 2.72. The number of aliphatic carboxylic acids is 1. The Balaban J connectivity index is 1.27. The van der Waals surface area contributed by atoms with E-state index in [1.807, 2.05) is 13.8 Å². The van der Waals surface area contributed by atoms with Gasteiger partial charge in [-0.25, -0.2) is 0 Å². The number of fused-ring (bicyclic) bond motifs is 3. The van der Waals surface area contributed by atoms with E-state index in [9.17, 15) is 45.6 Å². The molecule has 5 fully saturated rings. The van der Waals surface area contributed by atoms with Crippen molar-refractivity contribution < 1.29 is 64.6 Å². The van der Waals surface area contributed by atoms with Gasteiger partial charge in [-0.1, -0.05) is 19.4 Å². The molecule has 3 saturated carbocycles. The van der Waals surface area contributed by atoms with E-state index in [4.69, 9.17) is 18.9 Å². The Kier molecular flexibility index (Phi) is 8.77. The summed E-state index contributed by atoms with van der Waals surface area (Å²) in [7, 11) is 0. The highest BCUT2D eigenvalue weighted by molar-refractivity contribution is 5.75. The van der Waals surface area contributed by atoms with Gasteiger partial charge in [-0.05, 0) is 87.0 Å². The van der Waals surface area contributed by atoms with Gasteiger partial charge in [-0.15, -0.1) is 0 Å². The van der Waals surface area contributed by atoms with Crippen LogP contribution in [0.1, 0.15) is 72.1 Å². The van der Waals surface area contributed by atoms with Crippen molar-refractivity contribution in [2.24, 2.45) is 28.1 Å². The molecule has 0 aromatic carbocycles. The van der Waals surface area contributed by atoms with Crippen LogP contribution in [-0.4, -0.2) is 127 Å². The van der Waals surface area contributed by atoms with E-state index in [1.54, 1.807) is 0 Å². The largest absolute Gasteiger partial charge is 0.481 e. The number of allylic oxidation sites excluding steroid dienone is 1. The van der Waals surface area contributed by atoms with Gasteiger partial charge in [0.25, 0.3) is 0 Å². The zero-order valence-corrected chi connectivity index (χ0v) is 26.2. The van der Waals surface area contributed by atoms with E-state index in [0.29, 0.717) is 19.3 Å². The van der Waals surface area contributed by atoms with Crippen LogP contribution in [0.3, 0.4) is 0 Å². The third-order valence-electron chi connectivity index (χ3n) is 12.8. The van der Waals surface area contributed by atoms with Gasteiger partial charge < -0.3 is 59.8 Å². The molecule has 13 nitrogen and oxygen atoms in total. The molecule has 2 saturated heterocycles.